The number of piperazine rings is 1. The molecule has 2 heterocycles. The lowest BCUT2D eigenvalue weighted by Gasteiger charge is -2.37. The Morgan fingerprint density at radius 1 is 0.952 bits per heavy atom. The highest BCUT2D eigenvalue weighted by Gasteiger charge is 2.18. The van der Waals surface area contributed by atoms with Gasteiger partial charge in [-0.05, 0) is 24.3 Å². The second kappa shape index (κ2) is 5.83. The van der Waals surface area contributed by atoms with Gasteiger partial charge in [-0.2, -0.15) is 0 Å². The third kappa shape index (κ3) is 2.97. The summed E-state index contributed by atoms with van der Waals surface area (Å²) in [6.45, 7) is 3.74. The first kappa shape index (κ1) is 13.4. The highest BCUT2D eigenvalue weighted by Crippen LogP contribution is 2.20. The van der Waals surface area contributed by atoms with Crippen LogP contribution >= 0.6 is 0 Å². The molecule has 0 saturated carbocycles. The molecule has 0 bridgehead atoms. The normalized spacial score (nSPS) is 15.0. The lowest BCUT2D eigenvalue weighted by atomic mass is 10.2. The van der Waals surface area contributed by atoms with E-state index in [1.54, 1.807) is 12.3 Å². The molecule has 0 unspecified atom stereocenters. The maximum absolute atomic E-state index is 11.2. The third-order valence-electron chi connectivity index (χ3n) is 3.76. The minimum absolute atomic E-state index is 0.318. The molecule has 21 heavy (non-hydrogen) atoms. The number of amides is 1. The van der Waals surface area contributed by atoms with Gasteiger partial charge in [0.2, 0.25) is 0 Å². The number of carbonyl (C=O) groups is 1. The molecule has 0 spiro atoms. The van der Waals surface area contributed by atoms with Crippen LogP contribution in [0.1, 0.15) is 10.5 Å². The van der Waals surface area contributed by atoms with Gasteiger partial charge < -0.3 is 15.5 Å². The topological polar surface area (TPSA) is 62.5 Å². The number of hydrogen-bond donors (Lipinski definition) is 1. The zero-order valence-electron chi connectivity index (χ0n) is 11.8. The standard InChI is InChI=1S/C16H18N4O/c17-16(21)15-12-14(6-7-18-15)20-10-8-19(9-11-20)13-4-2-1-3-5-13/h1-7,12H,8-11H2,(H2,17,21). The van der Waals surface area contributed by atoms with Crippen molar-refractivity contribution < 1.29 is 4.79 Å². The molecule has 2 N–H and O–H groups in total. The van der Waals surface area contributed by atoms with Crippen molar-refractivity contribution in [1.29, 1.82) is 0 Å². The number of para-hydroxylation sites is 1. The van der Waals surface area contributed by atoms with Crippen LogP contribution in [-0.4, -0.2) is 37.1 Å². The molecule has 1 amide bonds. The Balaban J connectivity index is 1.68. The van der Waals surface area contributed by atoms with Gasteiger partial charge in [0.25, 0.3) is 5.91 Å². The first-order valence-electron chi connectivity index (χ1n) is 7.05. The molecule has 1 aromatic carbocycles. The number of pyridine rings is 1. The minimum atomic E-state index is -0.486. The first-order chi connectivity index (χ1) is 10.2. The van der Waals surface area contributed by atoms with Gasteiger partial charge in [-0.3, -0.25) is 9.78 Å². The number of rotatable bonds is 3. The Kier molecular flexibility index (Phi) is 3.73. The molecule has 3 rings (SSSR count). The van der Waals surface area contributed by atoms with Crippen LogP contribution in [0.2, 0.25) is 0 Å². The van der Waals surface area contributed by atoms with Crippen molar-refractivity contribution in [2.75, 3.05) is 36.0 Å². The van der Waals surface area contributed by atoms with Crippen LogP contribution in [0.15, 0.2) is 48.7 Å². The largest absolute Gasteiger partial charge is 0.368 e. The average Bonchev–Trinajstić information content (AvgIpc) is 2.56. The van der Waals surface area contributed by atoms with E-state index < -0.39 is 5.91 Å². The number of primary amides is 1. The van der Waals surface area contributed by atoms with E-state index in [1.165, 1.54) is 5.69 Å². The average molecular weight is 282 g/mol. The lowest BCUT2D eigenvalue weighted by molar-refractivity contribution is 0.0995. The summed E-state index contributed by atoms with van der Waals surface area (Å²) < 4.78 is 0. The van der Waals surface area contributed by atoms with Gasteiger partial charge in [-0.25, -0.2) is 0 Å². The van der Waals surface area contributed by atoms with Crippen molar-refractivity contribution >= 4 is 17.3 Å². The highest BCUT2D eigenvalue weighted by molar-refractivity contribution is 5.91. The van der Waals surface area contributed by atoms with E-state index in [4.69, 9.17) is 5.73 Å². The van der Waals surface area contributed by atoms with Crippen LogP contribution in [0.25, 0.3) is 0 Å². The first-order valence-corrected chi connectivity index (χ1v) is 7.05. The van der Waals surface area contributed by atoms with E-state index in [-0.39, 0.29) is 0 Å². The number of anilines is 2. The predicted molar refractivity (Wildman–Crippen MR) is 83.6 cm³/mol. The highest BCUT2D eigenvalue weighted by atomic mass is 16.1. The van der Waals surface area contributed by atoms with Crippen LogP contribution in [0.5, 0.6) is 0 Å². The second-order valence-corrected chi connectivity index (χ2v) is 5.07. The van der Waals surface area contributed by atoms with E-state index >= 15 is 0 Å². The van der Waals surface area contributed by atoms with Gasteiger partial charge >= 0.3 is 0 Å². The molecule has 1 aliphatic rings. The van der Waals surface area contributed by atoms with Gasteiger partial charge in [0.05, 0.1) is 0 Å². The Hall–Kier alpha value is -2.56. The molecule has 5 nitrogen and oxygen atoms in total. The molecule has 1 saturated heterocycles. The van der Waals surface area contributed by atoms with E-state index in [0.717, 1.165) is 31.9 Å². The quantitative estimate of drug-likeness (QED) is 0.927. The summed E-state index contributed by atoms with van der Waals surface area (Å²) in [5, 5.41) is 0. The number of hydrogen-bond acceptors (Lipinski definition) is 4. The number of nitrogens with two attached hydrogens (primary N) is 1. The van der Waals surface area contributed by atoms with Crippen molar-refractivity contribution in [2.24, 2.45) is 5.73 Å². The number of carbonyl (C=O) groups excluding carboxylic acids is 1. The summed E-state index contributed by atoms with van der Waals surface area (Å²) in [5.41, 5.74) is 7.86. The maximum Gasteiger partial charge on any atom is 0.267 e. The summed E-state index contributed by atoms with van der Waals surface area (Å²) in [7, 11) is 0. The fourth-order valence-electron chi connectivity index (χ4n) is 2.61. The molecular formula is C16H18N4O. The summed E-state index contributed by atoms with van der Waals surface area (Å²) in [6.07, 6.45) is 1.64. The lowest BCUT2D eigenvalue weighted by Crippen LogP contribution is -2.46. The van der Waals surface area contributed by atoms with E-state index in [0.29, 0.717) is 5.69 Å². The predicted octanol–water partition coefficient (Wildman–Crippen LogP) is 1.51. The van der Waals surface area contributed by atoms with E-state index in [2.05, 4.69) is 39.0 Å². The fraction of sp³-hybridized carbons (Fsp3) is 0.250. The summed E-state index contributed by atoms with van der Waals surface area (Å²) in [4.78, 5) is 19.8. The number of nitrogens with zero attached hydrogens (tertiary/aromatic N) is 3. The van der Waals surface area contributed by atoms with Gasteiger partial charge in [0.1, 0.15) is 5.69 Å². The fourth-order valence-corrected chi connectivity index (χ4v) is 2.61. The van der Waals surface area contributed by atoms with Gasteiger partial charge in [-0.15, -0.1) is 0 Å². The molecule has 2 aromatic rings. The van der Waals surface area contributed by atoms with Crippen LogP contribution in [0.3, 0.4) is 0 Å². The molecular weight excluding hydrogens is 264 g/mol. The summed E-state index contributed by atoms with van der Waals surface area (Å²) >= 11 is 0. The maximum atomic E-state index is 11.2. The van der Waals surface area contributed by atoms with E-state index in [1.807, 2.05) is 12.1 Å². The zero-order valence-corrected chi connectivity index (χ0v) is 11.8. The smallest absolute Gasteiger partial charge is 0.267 e. The van der Waals surface area contributed by atoms with Gasteiger partial charge in [0.15, 0.2) is 0 Å². The van der Waals surface area contributed by atoms with Crippen LogP contribution in [0.4, 0.5) is 11.4 Å². The van der Waals surface area contributed by atoms with E-state index in [9.17, 15) is 4.79 Å². The zero-order chi connectivity index (χ0) is 14.7. The van der Waals surface area contributed by atoms with Gasteiger partial charge in [-0.1, -0.05) is 18.2 Å². The Morgan fingerprint density at radius 2 is 1.57 bits per heavy atom. The van der Waals surface area contributed by atoms with Crippen LogP contribution < -0.4 is 15.5 Å². The molecule has 1 fully saturated rings. The summed E-state index contributed by atoms with van der Waals surface area (Å²) in [5.74, 6) is -0.486. The number of benzene rings is 1. The molecule has 1 aliphatic heterocycles. The molecule has 0 aliphatic carbocycles. The second-order valence-electron chi connectivity index (χ2n) is 5.07. The van der Waals surface area contributed by atoms with Crippen molar-refractivity contribution in [2.45, 2.75) is 0 Å². The number of aromatic nitrogens is 1. The van der Waals surface area contributed by atoms with Crippen LogP contribution in [-0.2, 0) is 0 Å². The minimum Gasteiger partial charge on any atom is -0.368 e. The third-order valence-corrected chi connectivity index (χ3v) is 3.76. The van der Waals surface area contributed by atoms with Crippen molar-refractivity contribution in [3.05, 3.63) is 54.4 Å². The molecule has 0 atom stereocenters. The Morgan fingerprint density at radius 3 is 2.19 bits per heavy atom. The van der Waals surface area contributed by atoms with Crippen LogP contribution in [0, 0.1) is 0 Å². The molecule has 1 aromatic heterocycles. The molecule has 5 heteroatoms. The van der Waals surface area contributed by atoms with Crippen molar-refractivity contribution in [3.8, 4) is 0 Å². The Labute approximate surface area is 124 Å². The molecule has 0 radical (unpaired) electrons. The van der Waals surface area contributed by atoms with Crippen molar-refractivity contribution in [1.82, 2.24) is 4.98 Å². The van der Waals surface area contributed by atoms with Crippen molar-refractivity contribution in [3.63, 3.8) is 0 Å². The monoisotopic (exact) mass is 282 g/mol. The molecule has 108 valence electrons. The summed E-state index contributed by atoms with van der Waals surface area (Å²) in [6, 6.07) is 14.1. The van der Waals surface area contributed by atoms with Gasteiger partial charge in [0, 0.05) is 43.8 Å². The SMILES string of the molecule is NC(=O)c1cc(N2CCN(c3ccccc3)CC2)ccn1. The Bertz CT molecular complexity index is 621.